The van der Waals surface area contributed by atoms with Crippen LogP contribution >= 0.6 is 23.6 Å². The van der Waals surface area contributed by atoms with Crippen LogP contribution in [-0.2, 0) is 19.5 Å². The number of amides is 2. The first kappa shape index (κ1) is 16.6. The zero-order valence-corrected chi connectivity index (χ0v) is 15.1. The SMILES string of the molecule is CCc1ccc2nc(NC(=O)NCc3n[nH]c(=S)n3CC)sc2c1. The molecular formula is C15H18N6OS2. The van der Waals surface area contributed by atoms with E-state index in [1.165, 1.54) is 16.9 Å². The summed E-state index contributed by atoms with van der Waals surface area (Å²) in [6, 6.07) is 5.82. The summed E-state index contributed by atoms with van der Waals surface area (Å²) in [5, 5.41) is 12.9. The molecule has 0 radical (unpaired) electrons. The molecule has 0 aliphatic heterocycles. The Hall–Kier alpha value is -2.26. The van der Waals surface area contributed by atoms with Crippen LogP contribution in [0.4, 0.5) is 9.93 Å². The Kier molecular flexibility index (Phi) is 4.91. The molecule has 0 saturated carbocycles. The largest absolute Gasteiger partial charge is 0.331 e. The fourth-order valence-corrected chi connectivity index (χ4v) is 3.56. The number of aryl methyl sites for hydroxylation is 1. The number of thiazole rings is 1. The van der Waals surface area contributed by atoms with Gasteiger partial charge >= 0.3 is 6.03 Å². The highest BCUT2D eigenvalue weighted by atomic mass is 32.1. The molecule has 126 valence electrons. The standard InChI is InChI=1S/C15H18N6OS2/c1-3-9-5-6-10-11(7-9)24-14(17-10)18-13(22)16-8-12-19-20-15(23)21(12)4-2/h5-7H,3-4,8H2,1-2H3,(H,20,23)(H2,16,17,18,22). The van der Waals surface area contributed by atoms with Crippen molar-refractivity contribution in [3.8, 4) is 0 Å². The lowest BCUT2D eigenvalue weighted by molar-refractivity contribution is 0.251. The number of nitrogens with one attached hydrogen (secondary N) is 3. The number of benzene rings is 1. The van der Waals surface area contributed by atoms with E-state index in [4.69, 9.17) is 12.2 Å². The maximum atomic E-state index is 12.1. The molecule has 2 aromatic heterocycles. The molecule has 3 aromatic rings. The van der Waals surface area contributed by atoms with E-state index in [2.05, 4.69) is 44.9 Å². The molecule has 0 spiro atoms. The van der Waals surface area contributed by atoms with Gasteiger partial charge in [-0.2, -0.15) is 5.10 Å². The van der Waals surface area contributed by atoms with Crippen LogP contribution in [0.5, 0.6) is 0 Å². The third kappa shape index (κ3) is 3.46. The fraction of sp³-hybridized carbons (Fsp3) is 0.333. The van der Waals surface area contributed by atoms with Gasteiger partial charge < -0.3 is 9.88 Å². The summed E-state index contributed by atoms with van der Waals surface area (Å²) >= 11 is 6.58. The zero-order valence-electron chi connectivity index (χ0n) is 13.4. The molecule has 0 bridgehead atoms. The second-order valence-corrected chi connectivity index (χ2v) is 6.59. The quantitative estimate of drug-likeness (QED) is 0.607. The van der Waals surface area contributed by atoms with Crippen LogP contribution in [0.3, 0.4) is 0 Å². The van der Waals surface area contributed by atoms with E-state index in [1.807, 2.05) is 17.6 Å². The highest BCUT2D eigenvalue weighted by Gasteiger charge is 2.10. The number of carbonyl (C=O) groups is 1. The van der Waals surface area contributed by atoms with Crippen LogP contribution < -0.4 is 10.6 Å². The van der Waals surface area contributed by atoms with Gasteiger partial charge in [-0.05, 0) is 43.3 Å². The minimum absolute atomic E-state index is 0.289. The molecule has 3 rings (SSSR count). The minimum atomic E-state index is -0.318. The lowest BCUT2D eigenvalue weighted by atomic mass is 10.2. The summed E-state index contributed by atoms with van der Waals surface area (Å²) in [4.78, 5) is 16.5. The van der Waals surface area contributed by atoms with E-state index in [-0.39, 0.29) is 12.6 Å². The number of nitrogens with zero attached hydrogens (tertiary/aromatic N) is 3. The third-order valence-electron chi connectivity index (χ3n) is 3.64. The van der Waals surface area contributed by atoms with Gasteiger partial charge in [-0.25, -0.2) is 9.78 Å². The minimum Gasteiger partial charge on any atom is -0.331 e. The van der Waals surface area contributed by atoms with Crippen LogP contribution in [0.15, 0.2) is 18.2 Å². The van der Waals surface area contributed by atoms with E-state index in [1.54, 1.807) is 0 Å². The zero-order chi connectivity index (χ0) is 17.1. The lowest BCUT2D eigenvalue weighted by Gasteiger charge is -2.06. The van der Waals surface area contributed by atoms with Gasteiger partial charge in [0.2, 0.25) is 0 Å². The lowest BCUT2D eigenvalue weighted by Crippen LogP contribution is -2.29. The van der Waals surface area contributed by atoms with Gasteiger partial charge in [0, 0.05) is 6.54 Å². The molecule has 7 nitrogen and oxygen atoms in total. The van der Waals surface area contributed by atoms with Gasteiger partial charge in [-0.3, -0.25) is 10.4 Å². The van der Waals surface area contributed by atoms with E-state index in [9.17, 15) is 4.79 Å². The number of aromatic nitrogens is 4. The molecule has 2 heterocycles. The number of carbonyl (C=O) groups excluding carboxylic acids is 1. The molecule has 9 heteroatoms. The maximum Gasteiger partial charge on any atom is 0.321 e. The van der Waals surface area contributed by atoms with Crippen LogP contribution in [0, 0.1) is 4.77 Å². The Bertz CT molecular complexity index is 926. The molecule has 0 aliphatic carbocycles. The molecular weight excluding hydrogens is 344 g/mol. The molecule has 0 fully saturated rings. The van der Waals surface area contributed by atoms with Crippen LogP contribution in [0.25, 0.3) is 10.2 Å². The van der Waals surface area contributed by atoms with Gasteiger partial charge in [0.05, 0.1) is 16.8 Å². The van der Waals surface area contributed by atoms with Crippen molar-refractivity contribution in [3.63, 3.8) is 0 Å². The van der Waals surface area contributed by atoms with Gasteiger partial charge in [0.25, 0.3) is 0 Å². The van der Waals surface area contributed by atoms with Crippen LogP contribution in [0.2, 0.25) is 0 Å². The summed E-state index contributed by atoms with van der Waals surface area (Å²) in [6.07, 6.45) is 0.975. The number of fused-ring (bicyclic) bond motifs is 1. The predicted molar refractivity (Wildman–Crippen MR) is 97.9 cm³/mol. The number of hydrogen-bond acceptors (Lipinski definition) is 5. The molecule has 0 saturated heterocycles. The molecule has 0 atom stereocenters. The van der Waals surface area contributed by atoms with Gasteiger partial charge in [0.15, 0.2) is 15.7 Å². The van der Waals surface area contributed by atoms with E-state index >= 15 is 0 Å². The third-order valence-corrected chi connectivity index (χ3v) is 4.89. The van der Waals surface area contributed by atoms with Crippen molar-refractivity contribution in [2.45, 2.75) is 33.4 Å². The average molecular weight is 362 g/mol. The van der Waals surface area contributed by atoms with Crippen molar-refractivity contribution < 1.29 is 4.79 Å². The first-order chi connectivity index (χ1) is 11.6. The van der Waals surface area contributed by atoms with Gasteiger partial charge in [-0.1, -0.05) is 24.3 Å². The summed E-state index contributed by atoms with van der Waals surface area (Å²) in [6.45, 7) is 5.07. The Morgan fingerprint density at radius 3 is 3.00 bits per heavy atom. The summed E-state index contributed by atoms with van der Waals surface area (Å²) in [5.74, 6) is 0.689. The monoisotopic (exact) mass is 362 g/mol. The Labute approximate surface area is 148 Å². The van der Waals surface area contributed by atoms with Crippen molar-refractivity contribution in [2.24, 2.45) is 0 Å². The number of urea groups is 1. The number of rotatable bonds is 5. The molecule has 0 aliphatic rings. The predicted octanol–water partition coefficient (Wildman–Crippen LogP) is 3.45. The molecule has 2 amide bonds. The first-order valence-corrected chi connectivity index (χ1v) is 8.91. The van der Waals surface area contributed by atoms with Gasteiger partial charge in [0.1, 0.15) is 0 Å². The summed E-state index contributed by atoms with van der Waals surface area (Å²) in [5.41, 5.74) is 2.14. The summed E-state index contributed by atoms with van der Waals surface area (Å²) < 4.78 is 3.45. The maximum absolute atomic E-state index is 12.1. The fourth-order valence-electron chi connectivity index (χ4n) is 2.35. The number of aromatic amines is 1. The van der Waals surface area contributed by atoms with E-state index in [0.717, 1.165) is 16.6 Å². The second kappa shape index (κ2) is 7.10. The molecule has 1 aromatic carbocycles. The number of H-pyrrole nitrogens is 1. The van der Waals surface area contributed by atoms with Gasteiger partial charge in [-0.15, -0.1) is 0 Å². The molecule has 24 heavy (non-hydrogen) atoms. The smallest absolute Gasteiger partial charge is 0.321 e. The molecule has 0 unspecified atom stereocenters. The van der Waals surface area contributed by atoms with E-state index < -0.39 is 0 Å². The highest BCUT2D eigenvalue weighted by Crippen LogP contribution is 2.26. The van der Waals surface area contributed by atoms with Crippen molar-refractivity contribution in [3.05, 3.63) is 34.4 Å². The normalized spacial score (nSPS) is 10.9. The second-order valence-electron chi connectivity index (χ2n) is 5.17. The first-order valence-electron chi connectivity index (χ1n) is 7.69. The Morgan fingerprint density at radius 2 is 2.25 bits per heavy atom. The number of anilines is 1. The van der Waals surface area contributed by atoms with Crippen molar-refractivity contribution in [2.75, 3.05) is 5.32 Å². The molecule has 3 N–H and O–H groups in total. The Morgan fingerprint density at radius 1 is 1.42 bits per heavy atom. The van der Waals surface area contributed by atoms with Crippen molar-refractivity contribution in [1.82, 2.24) is 25.1 Å². The topological polar surface area (TPSA) is 87.6 Å². The number of hydrogen-bond donors (Lipinski definition) is 3. The van der Waals surface area contributed by atoms with Crippen molar-refractivity contribution in [1.29, 1.82) is 0 Å². The average Bonchev–Trinajstić information content (AvgIpc) is 3.14. The van der Waals surface area contributed by atoms with Crippen LogP contribution in [-0.4, -0.2) is 25.8 Å². The van der Waals surface area contributed by atoms with Crippen molar-refractivity contribution >= 4 is 44.9 Å². The van der Waals surface area contributed by atoms with Crippen LogP contribution in [0.1, 0.15) is 25.2 Å². The van der Waals surface area contributed by atoms with E-state index in [0.29, 0.717) is 22.3 Å². The Balaban J connectivity index is 1.65. The summed E-state index contributed by atoms with van der Waals surface area (Å²) in [7, 11) is 0. The highest BCUT2D eigenvalue weighted by molar-refractivity contribution is 7.71.